The molecule has 2 aromatic rings. The third kappa shape index (κ3) is 3.95. The first-order valence-electron chi connectivity index (χ1n) is 7.88. The molecule has 1 saturated heterocycles. The van der Waals surface area contributed by atoms with E-state index in [1.165, 1.54) is 18.5 Å². The van der Waals surface area contributed by atoms with E-state index in [4.69, 9.17) is 0 Å². The minimum atomic E-state index is 0.0786. The molecule has 2 N–H and O–H groups in total. The highest BCUT2D eigenvalue weighted by Crippen LogP contribution is 2.25. The number of rotatable bonds is 5. The summed E-state index contributed by atoms with van der Waals surface area (Å²) in [5.41, 5.74) is 2.07. The molecule has 1 aliphatic heterocycles. The van der Waals surface area contributed by atoms with Gasteiger partial charge in [-0.1, -0.05) is 18.2 Å². The third-order valence-corrected chi connectivity index (χ3v) is 4.18. The van der Waals surface area contributed by atoms with E-state index in [0.717, 1.165) is 25.3 Å². The Bertz CT molecular complexity index is 582. The van der Waals surface area contributed by atoms with Crippen LogP contribution >= 0.6 is 0 Å². The van der Waals surface area contributed by atoms with E-state index in [-0.39, 0.29) is 5.91 Å². The Labute approximate surface area is 130 Å². The van der Waals surface area contributed by atoms with Crippen molar-refractivity contribution in [3.8, 4) is 0 Å². The molecule has 0 unspecified atom stereocenters. The van der Waals surface area contributed by atoms with Gasteiger partial charge in [0, 0.05) is 43.0 Å². The number of nitrogens with zero attached hydrogens (tertiary/aromatic N) is 2. The van der Waals surface area contributed by atoms with Crippen molar-refractivity contribution in [2.24, 2.45) is 0 Å². The maximum Gasteiger partial charge on any atom is 0.225 e. The predicted molar refractivity (Wildman–Crippen MR) is 86.7 cm³/mol. The van der Waals surface area contributed by atoms with Gasteiger partial charge in [-0.15, -0.1) is 0 Å². The van der Waals surface area contributed by atoms with E-state index in [1.807, 2.05) is 36.5 Å². The van der Waals surface area contributed by atoms with E-state index < -0.39 is 0 Å². The van der Waals surface area contributed by atoms with Gasteiger partial charge in [0.25, 0.3) is 0 Å². The second-order valence-corrected chi connectivity index (χ2v) is 5.82. The molecule has 1 aromatic carbocycles. The van der Waals surface area contributed by atoms with Gasteiger partial charge in [0.2, 0.25) is 5.91 Å². The van der Waals surface area contributed by atoms with Gasteiger partial charge in [-0.2, -0.15) is 5.10 Å². The van der Waals surface area contributed by atoms with Crippen LogP contribution in [-0.2, 0) is 4.79 Å². The molecule has 1 amide bonds. The molecule has 2 heterocycles. The predicted octanol–water partition coefficient (Wildman–Crippen LogP) is 2.62. The third-order valence-electron chi connectivity index (χ3n) is 4.18. The lowest BCUT2D eigenvalue weighted by Crippen LogP contribution is -2.36. The highest BCUT2D eigenvalue weighted by Gasteiger charge is 2.22. The fourth-order valence-corrected chi connectivity index (χ4v) is 3.01. The molecule has 0 bridgehead atoms. The molecule has 5 nitrogen and oxygen atoms in total. The molecule has 0 saturated carbocycles. The number of carbonyl (C=O) groups excluding carboxylic acids is 1. The summed E-state index contributed by atoms with van der Waals surface area (Å²) < 4.78 is 0. The summed E-state index contributed by atoms with van der Waals surface area (Å²) in [7, 11) is 0. The van der Waals surface area contributed by atoms with E-state index >= 15 is 0 Å². The summed E-state index contributed by atoms with van der Waals surface area (Å²) in [5, 5.41) is 10.0. The van der Waals surface area contributed by atoms with Gasteiger partial charge in [-0.05, 0) is 37.6 Å². The topological polar surface area (TPSA) is 61.0 Å². The van der Waals surface area contributed by atoms with Crippen LogP contribution in [0.15, 0.2) is 42.6 Å². The average Bonchev–Trinajstić information content (AvgIpc) is 3.09. The van der Waals surface area contributed by atoms with Crippen LogP contribution in [0.1, 0.15) is 30.9 Å². The summed E-state index contributed by atoms with van der Waals surface area (Å²) in [4.78, 5) is 14.4. The Hall–Kier alpha value is -2.14. The number of hydrogen-bond donors (Lipinski definition) is 2. The molecule has 116 valence electrons. The van der Waals surface area contributed by atoms with E-state index in [2.05, 4.69) is 26.5 Å². The highest BCUT2D eigenvalue weighted by molar-refractivity contribution is 5.90. The number of benzene rings is 1. The van der Waals surface area contributed by atoms with Gasteiger partial charge >= 0.3 is 0 Å². The number of nitrogens with one attached hydrogen (secondary N) is 2. The van der Waals surface area contributed by atoms with Crippen LogP contribution in [0, 0.1) is 0 Å². The van der Waals surface area contributed by atoms with Crippen molar-refractivity contribution >= 4 is 11.6 Å². The van der Waals surface area contributed by atoms with Gasteiger partial charge in [0.05, 0.1) is 0 Å². The molecule has 1 aromatic heterocycles. The summed E-state index contributed by atoms with van der Waals surface area (Å²) in [6.45, 7) is 2.88. The average molecular weight is 298 g/mol. The molecule has 3 rings (SSSR count). The SMILES string of the molecule is O=C(CCN1CCC[C@@H](c2ccn[nH]2)C1)Nc1ccccc1. The van der Waals surface area contributed by atoms with Crippen LogP contribution in [0.2, 0.25) is 0 Å². The van der Waals surface area contributed by atoms with Crippen molar-refractivity contribution in [1.29, 1.82) is 0 Å². The summed E-state index contributed by atoms with van der Waals surface area (Å²) in [5.74, 6) is 0.586. The number of hydrogen-bond acceptors (Lipinski definition) is 3. The second-order valence-electron chi connectivity index (χ2n) is 5.82. The smallest absolute Gasteiger partial charge is 0.225 e. The summed E-state index contributed by atoms with van der Waals surface area (Å²) in [6, 6.07) is 11.7. The van der Waals surface area contributed by atoms with Crippen molar-refractivity contribution < 1.29 is 4.79 Å². The number of para-hydroxylation sites is 1. The molecule has 1 atom stereocenters. The molecule has 0 radical (unpaired) electrons. The van der Waals surface area contributed by atoms with Gasteiger partial charge < -0.3 is 10.2 Å². The summed E-state index contributed by atoms with van der Waals surface area (Å²) in [6.07, 6.45) is 4.70. The Morgan fingerprint density at radius 1 is 1.32 bits per heavy atom. The zero-order valence-electron chi connectivity index (χ0n) is 12.7. The number of anilines is 1. The quantitative estimate of drug-likeness (QED) is 0.892. The Morgan fingerprint density at radius 3 is 2.95 bits per heavy atom. The highest BCUT2D eigenvalue weighted by atomic mass is 16.1. The second kappa shape index (κ2) is 7.22. The monoisotopic (exact) mass is 298 g/mol. The standard InChI is InChI=1S/C17H22N4O/c22-17(19-15-6-2-1-3-7-15)9-12-21-11-4-5-14(13-21)16-8-10-18-20-16/h1-3,6-8,10,14H,4-5,9,11-13H2,(H,18,20)(H,19,22)/t14-/m1/s1. The van der Waals surface area contributed by atoms with Crippen LogP contribution < -0.4 is 5.32 Å². The van der Waals surface area contributed by atoms with E-state index in [1.54, 1.807) is 0 Å². The van der Waals surface area contributed by atoms with Crippen LogP contribution in [-0.4, -0.2) is 40.6 Å². The van der Waals surface area contributed by atoms with Gasteiger partial charge in [0.15, 0.2) is 0 Å². The number of carbonyl (C=O) groups is 1. The maximum atomic E-state index is 12.0. The Morgan fingerprint density at radius 2 is 2.18 bits per heavy atom. The number of likely N-dealkylation sites (tertiary alicyclic amines) is 1. The Balaban J connectivity index is 1.46. The molecule has 0 spiro atoms. The van der Waals surface area contributed by atoms with Crippen molar-refractivity contribution in [2.45, 2.75) is 25.2 Å². The van der Waals surface area contributed by atoms with Crippen molar-refractivity contribution in [3.63, 3.8) is 0 Å². The molecule has 22 heavy (non-hydrogen) atoms. The zero-order valence-corrected chi connectivity index (χ0v) is 12.7. The number of aromatic amines is 1. The maximum absolute atomic E-state index is 12.0. The lowest BCUT2D eigenvalue weighted by atomic mass is 9.95. The van der Waals surface area contributed by atoms with Gasteiger partial charge in [-0.25, -0.2) is 0 Å². The minimum Gasteiger partial charge on any atom is -0.326 e. The number of H-pyrrole nitrogens is 1. The van der Waals surface area contributed by atoms with Crippen molar-refractivity contribution in [2.75, 3.05) is 25.0 Å². The number of aromatic nitrogens is 2. The zero-order chi connectivity index (χ0) is 15.2. The normalized spacial score (nSPS) is 19.0. The van der Waals surface area contributed by atoms with Crippen molar-refractivity contribution in [1.82, 2.24) is 15.1 Å². The molecular formula is C17H22N4O. The largest absolute Gasteiger partial charge is 0.326 e. The van der Waals surface area contributed by atoms with Crippen LogP contribution in [0.3, 0.4) is 0 Å². The molecule has 0 aliphatic carbocycles. The lowest BCUT2D eigenvalue weighted by Gasteiger charge is -2.31. The Kier molecular flexibility index (Phi) is 4.85. The molecule has 5 heteroatoms. The van der Waals surface area contributed by atoms with Crippen LogP contribution in [0.5, 0.6) is 0 Å². The first-order chi connectivity index (χ1) is 10.8. The van der Waals surface area contributed by atoms with E-state index in [0.29, 0.717) is 12.3 Å². The van der Waals surface area contributed by atoms with Crippen LogP contribution in [0.4, 0.5) is 5.69 Å². The van der Waals surface area contributed by atoms with Gasteiger partial charge in [0.1, 0.15) is 0 Å². The molecular weight excluding hydrogens is 276 g/mol. The summed E-state index contributed by atoms with van der Waals surface area (Å²) >= 11 is 0. The fourth-order valence-electron chi connectivity index (χ4n) is 3.01. The molecule has 1 aliphatic rings. The lowest BCUT2D eigenvalue weighted by molar-refractivity contribution is -0.116. The molecule has 1 fully saturated rings. The van der Waals surface area contributed by atoms with Crippen molar-refractivity contribution in [3.05, 3.63) is 48.3 Å². The first-order valence-corrected chi connectivity index (χ1v) is 7.88. The van der Waals surface area contributed by atoms with Crippen LogP contribution in [0.25, 0.3) is 0 Å². The first kappa shape index (κ1) is 14.8. The van der Waals surface area contributed by atoms with Gasteiger partial charge in [-0.3, -0.25) is 9.89 Å². The van der Waals surface area contributed by atoms with E-state index in [9.17, 15) is 4.79 Å². The fraction of sp³-hybridized carbons (Fsp3) is 0.412. The minimum absolute atomic E-state index is 0.0786. The number of piperidine rings is 1. The number of amides is 1.